The van der Waals surface area contributed by atoms with Crippen molar-refractivity contribution in [1.29, 1.82) is 0 Å². The van der Waals surface area contributed by atoms with Gasteiger partial charge in [0.25, 0.3) is 0 Å². The topological polar surface area (TPSA) is 92.0 Å². The fourth-order valence-electron chi connectivity index (χ4n) is 3.35. The van der Waals surface area contributed by atoms with E-state index < -0.39 is 0 Å². The van der Waals surface area contributed by atoms with Crippen molar-refractivity contribution in [3.05, 3.63) is 29.8 Å². The van der Waals surface area contributed by atoms with Crippen LogP contribution in [0.2, 0.25) is 0 Å². The molecule has 1 amide bonds. The van der Waals surface area contributed by atoms with Crippen molar-refractivity contribution in [2.24, 2.45) is 10.7 Å². The van der Waals surface area contributed by atoms with Gasteiger partial charge in [-0.3, -0.25) is 14.7 Å². The molecule has 1 atom stereocenters. The summed E-state index contributed by atoms with van der Waals surface area (Å²) in [5, 5.41) is 6.90. The standard InChI is InChI=1S/C20H33N5O2/c1-15(16-4-6-18(27-3)7-5-16)8-11-23-20(22-2)24-17-9-12-25(13-10-17)14-19(21)26/h4-7,15,17H,8-14H2,1-3H3,(H2,21,26)(H2,22,23,24). The number of likely N-dealkylation sites (tertiary alicyclic amines) is 1. The summed E-state index contributed by atoms with van der Waals surface area (Å²) in [4.78, 5) is 17.4. The molecule has 0 spiro atoms. The SMILES string of the molecule is CN=C(NCCC(C)c1ccc(OC)cc1)NC1CCN(CC(N)=O)CC1. The Balaban J connectivity index is 1.70. The lowest BCUT2D eigenvalue weighted by molar-refractivity contribution is -0.119. The highest BCUT2D eigenvalue weighted by Gasteiger charge is 2.20. The third-order valence-corrected chi connectivity index (χ3v) is 5.09. The van der Waals surface area contributed by atoms with Crippen molar-refractivity contribution in [3.8, 4) is 5.75 Å². The summed E-state index contributed by atoms with van der Waals surface area (Å²) in [7, 11) is 3.48. The minimum absolute atomic E-state index is 0.259. The molecule has 0 aliphatic carbocycles. The van der Waals surface area contributed by atoms with E-state index in [1.54, 1.807) is 14.2 Å². The van der Waals surface area contributed by atoms with E-state index in [0.717, 1.165) is 50.6 Å². The second-order valence-corrected chi connectivity index (χ2v) is 7.12. The fourth-order valence-corrected chi connectivity index (χ4v) is 3.35. The highest BCUT2D eigenvalue weighted by molar-refractivity contribution is 5.80. The third kappa shape index (κ3) is 7.09. The van der Waals surface area contributed by atoms with Crippen molar-refractivity contribution in [1.82, 2.24) is 15.5 Å². The number of piperidine rings is 1. The Labute approximate surface area is 162 Å². The Morgan fingerprint density at radius 1 is 1.33 bits per heavy atom. The Hall–Kier alpha value is -2.28. The van der Waals surface area contributed by atoms with Gasteiger partial charge in [-0.2, -0.15) is 0 Å². The zero-order valence-corrected chi connectivity index (χ0v) is 16.7. The number of ether oxygens (including phenoxy) is 1. The number of aliphatic imine (C=N–C) groups is 1. The molecule has 27 heavy (non-hydrogen) atoms. The number of benzene rings is 1. The van der Waals surface area contributed by atoms with Crippen molar-refractivity contribution in [2.75, 3.05) is 40.3 Å². The molecule has 0 saturated carbocycles. The Morgan fingerprint density at radius 2 is 2.00 bits per heavy atom. The van der Waals surface area contributed by atoms with Crippen LogP contribution in [-0.2, 0) is 4.79 Å². The first kappa shape index (κ1) is 21.0. The lowest BCUT2D eigenvalue weighted by Crippen LogP contribution is -2.50. The number of carbonyl (C=O) groups excluding carboxylic acids is 1. The van der Waals surface area contributed by atoms with Gasteiger partial charge < -0.3 is 21.1 Å². The van der Waals surface area contributed by atoms with E-state index in [4.69, 9.17) is 10.5 Å². The van der Waals surface area contributed by atoms with Crippen LogP contribution < -0.4 is 21.1 Å². The largest absolute Gasteiger partial charge is 0.497 e. The van der Waals surface area contributed by atoms with Crippen LogP contribution in [0.1, 0.15) is 37.7 Å². The van der Waals surface area contributed by atoms with E-state index in [9.17, 15) is 4.79 Å². The maximum Gasteiger partial charge on any atom is 0.231 e. The van der Waals surface area contributed by atoms with E-state index in [0.29, 0.717) is 18.5 Å². The summed E-state index contributed by atoms with van der Waals surface area (Å²) >= 11 is 0. The number of rotatable bonds is 8. The molecule has 150 valence electrons. The number of hydrogen-bond donors (Lipinski definition) is 3. The zero-order chi connectivity index (χ0) is 19.6. The lowest BCUT2D eigenvalue weighted by atomic mass is 9.98. The first-order valence-corrected chi connectivity index (χ1v) is 9.63. The molecule has 1 saturated heterocycles. The minimum atomic E-state index is -0.259. The number of guanidine groups is 1. The molecule has 0 radical (unpaired) electrons. The van der Waals surface area contributed by atoms with Crippen LogP contribution in [-0.4, -0.2) is 63.1 Å². The highest BCUT2D eigenvalue weighted by atomic mass is 16.5. The molecule has 7 heteroatoms. The lowest BCUT2D eigenvalue weighted by Gasteiger charge is -2.32. The molecule has 1 aromatic carbocycles. The molecule has 1 fully saturated rings. The summed E-state index contributed by atoms with van der Waals surface area (Å²) < 4.78 is 5.21. The van der Waals surface area contributed by atoms with Crippen LogP contribution in [0.15, 0.2) is 29.3 Å². The number of amides is 1. The maximum atomic E-state index is 11.0. The number of methoxy groups -OCH3 is 1. The summed E-state index contributed by atoms with van der Waals surface area (Å²) in [6, 6.07) is 8.63. The number of nitrogens with zero attached hydrogens (tertiary/aromatic N) is 2. The first-order valence-electron chi connectivity index (χ1n) is 9.63. The van der Waals surface area contributed by atoms with Crippen LogP contribution in [0.5, 0.6) is 5.75 Å². The molecule has 0 bridgehead atoms. The average Bonchev–Trinajstić information content (AvgIpc) is 2.68. The summed E-state index contributed by atoms with van der Waals surface area (Å²) in [6.45, 7) is 5.20. The molecule has 4 N–H and O–H groups in total. The van der Waals surface area contributed by atoms with Crippen molar-refractivity contribution >= 4 is 11.9 Å². The van der Waals surface area contributed by atoms with E-state index in [-0.39, 0.29) is 5.91 Å². The quantitative estimate of drug-likeness (QED) is 0.471. The molecule has 0 aromatic heterocycles. The van der Waals surface area contributed by atoms with Crippen LogP contribution in [0, 0.1) is 0 Å². The molecule has 7 nitrogen and oxygen atoms in total. The normalized spacial score (nSPS) is 17.4. The smallest absolute Gasteiger partial charge is 0.231 e. The van der Waals surface area contributed by atoms with Gasteiger partial charge in [-0.25, -0.2) is 0 Å². The first-order chi connectivity index (χ1) is 13.0. The monoisotopic (exact) mass is 375 g/mol. The van der Waals surface area contributed by atoms with Crippen LogP contribution >= 0.6 is 0 Å². The zero-order valence-electron chi connectivity index (χ0n) is 16.7. The van der Waals surface area contributed by atoms with Gasteiger partial charge in [0.2, 0.25) is 5.91 Å². The Kier molecular flexibility index (Phi) is 8.39. The van der Waals surface area contributed by atoms with Gasteiger partial charge in [0.05, 0.1) is 13.7 Å². The number of nitrogens with one attached hydrogen (secondary N) is 2. The molecule has 1 aromatic rings. The molecule has 2 rings (SSSR count). The second kappa shape index (κ2) is 10.8. The molecule has 1 heterocycles. The van der Waals surface area contributed by atoms with Crippen molar-refractivity contribution in [3.63, 3.8) is 0 Å². The number of primary amides is 1. The van der Waals surface area contributed by atoms with Gasteiger partial charge in [0.15, 0.2) is 5.96 Å². The van der Waals surface area contributed by atoms with Gasteiger partial charge in [-0.05, 0) is 42.9 Å². The van der Waals surface area contributed by atoms with E-state index >= 15 is 0 Å². The number of carbonyl (C=O) groups is 1. The fraction of sp³-hybridized carbons (Fsp3) is 0.600. The molecule has 1 aliphatic rings. The predicted molar refractivity (Wildman–Crippen MR) is 109 cm³/mol. The minimum Gasteiger partial charge on any atom is -0.497 e. The van der Waals surface area contributed by atoms with E-state index in [1.165, 1.54) is 5.56 Å². The molecule has 1 unspecified atom stereocenters. The summed E-state index contributed by atoms with van der Waals surface area (Å²) in [6.07, 6.45) is 2.98. The number of nitrogens with two attached hydrogens (primary N) is 1. The number of hydrogen-bond acceptors (Lipinski definition) is 4. The average molecular weight is 376 g/mol. The molecule has 1 aliphatic heterocycles. The van der Waals surface area contributed by atoms with Gasteiger partial charge in [0.1, 0.15) is 5.75 Å². The summed E-state index contributed by atoms with van der Waals surface area (Å²) in [5.41, 5.74) is 6.57. The van der Waals surface area contributed by atoms with Gasteiger partial charge in [-0.15, -0.1) is 0 Å². The van der Waals surface area contributed by atoms with Crippen LogP contribution in [0.3, 0.4) is 0 Å². The van der Waals surface area contributed by atoms with Crippen molar-refractivity contribution in [2.45, 2.75) is 38.1 Å². The third-order valence-electron chi connectivity index (χ3n) is 5.09. The highest BCUT2D eigenvalue weighted by Crippen LogP contribution is 2.21. The Morgan fingerprint density at radius 3 is 2.56 bits per heavy atom. The van der Waals surface area contributed by atoms with Gasteiger partial charge in [0, 0.05) is 32.7 Å². The summed E-state index contributed by atoms with van der Waals surface area (Å²) in [5.74, 6) is 1.92. The van der Waals surface area contributed by atoms with Gasteiger partial charge in [-0.1, -0.05) is 19.1 Å². The maximum absolute atomic E-state index is 11.0. The Bertz CT molecular complexity index is 609. The van der Waals surface area contributed by atoms with E-state index in [1.807, 2.05) is 12.1 Å². The van der Waals surface area contributed by atoms with Crippen molar-refractivity contribution < 1.29 is 9.53 Å². The van der Waals surface area contributed by atoms with Crippen LogP contribution in [0.25, 0.3) is 0 Å². The molecular formula is C20H33N5O2. The van der Waals surface area contributed by atoms with E-state index in [2.05, 4.69) is 39.6 Å². The molecular weight excluding hydrogens is 342 g/mol. The van der Waals surface area contributed by atoms with Crippen LogP contribution in [0.4, 0.5) is 0 Å². The van der Waals surface area contributed by atoms with Gasteiger partial charge >= 0.3 is 0 Å². The second-order valence-electron chi connectivity index (χ2n) is 7.12. The predicted octanol–water partition coefficient (Wildman–Crippen LogP) is 1.30.